The van der Waals surface area contributed by atoms with Gasteiger partial charge in [0, 0.05) is 36.8 Å². The summed E-state index contributed by atoms with van der Waals surface area (Å²) in [6, 6.07) is 8.29. The SMILES string of the molecule is Cc1cc(C)cc(Nc2nccc(C3=NCC(CN4CCOCC4)S3)n2)c1. The van der Waals surface area contributed by atoms with Crippen LogP contribution in [0.4, 0.5) is 11.6 Å². The average Bonchev–Trinajstić information content (AvgIpc) is 3.10. The lowest BCUT2D eigenvalue weighted by atomic mass is 10.1. The van der Waals surface area contributed by atoms with E-state index in [4.69, 9.17) is 9.73 Å². The monoisotopic (exact) mass is 383 g/mol. The van der Waals surface area contributed by atoms with Crippen molar-refractivity contribution in [3.8, 4) is 0 Å². The Kier molecular flexibility index (Phi) is 5.71. The van der Waals surface area contributed by atoms with E-state index < -0.39 is 0 Å². The highest BCUT2D eigenvalue weighted by Gasteiger charge is 2.24. The topological polar surface area (TPSA) is 62.6 Å². The van der Waals surface area contributed by atoms with E-state index in [0.29, 0.717) is 11.2 Å². The van der Waals surface area contributed by atoms with Crippen LogP contribution in [0.5, 0.6) is 0 Å². The van der Waals surface area contributed by atoms with Gasteiger partial charge in [-0.05, 0) is 43.2 Å². The molecule has 7 heteroatoms. The lowest BCUT2D eigenvalue weighted by Crippen LogP contribution is -2.40. The van der Waals surface area contributed by atoms with Crippen molar-refractivity contribution in [3.05, 3.63) is 47.3 Å². The van der Waals surface area contributed by atoms with Crippen LogP contribution in [0.1, 0.15) is 16.8 Å². The Morgan fingerprint density at radius 2 is 1.96 bits per heavy atom. The number of benzene rings is 1. The molecule has 2 aliphatic rings. The Morgan fingerprint density at radius 3 is 2.74 bits per heavy atom. The molecule has 3 heterocycles. The van der Waals surface area contributed by atoms with Gasteiger partial charge in [0.05, 0.1) is 19.8 Å². The lowest BCUT2D eigenvalue weighted by Gasteiger charge is -2.28. The highest BCUT2D eigenvalue weighted by molar-refractivity contribution is 8.15. The number of thioether (sulfide) groups is 1. The molecule has 1 atom stereocenters. The van der Waals surface area contributed by atoms with Crippen LogP contribution in [-0.2, 0) is 4.74 Å². The highest BCUT2D eigenvalue weighted by atomic mass is 32.2. The largest absolute Gasteiger partial charge is 0.379 e. The number of aryl methyl sites for hydroxylation is 2. The van der Waals surface area contributed by atoms with Crippen molar-refractivity contribution in [3.63, 3.8) is 0 Å². The first-order valence-electron chi connectivity index (χ1n) is 9.36. The van der Waals surface area contributed by atoms with Crippen molar-refractivity contribution >= 4 is 28.4 Å². The second kappa shape index (κ2) is 8.37. The summed E-state index contributed by atoms with van der Waals surface area (Å²) in [5, 5.41) is 4.82. The van der Waals surface area contributed by atoms with E-state index in [2.05, 4.69) is 52.2 Å². The average molecular weight is 384 g/mol. The Balaban J connectivity index is 1.40. The van der Waals surface area contributed by atoms with E-state index in [9.17, 15) is 0 Å². The van der Waals surface area contributed by atoms with Gasteiger partial charge in [-0.1, -0.05) is 17.8 Å². The van der Waals surface area contributed by atoms with Crippen LogP contribution >= 0.6 is 11.8 Å². The molecule has 0 saturated carbocycles. The predicted molar refractivity (Wildman–Crippen MR) is 111 cm³/mol. The van der Waals surface area contributed by atoms with Crippen LogP contribution in [0.25, 0.3) is 0 Å². The Morgan fingerprint density at radius 1 is 1.19 bits per heavy atom. The Labute approximate surface area is 164 Å². The third kappa shape index (κ3) is 4.86. The summed E-state index contributed by atoms with van der Waals surface area (Å²) in [7, 11) is 0. The van der Waals surface area contributed by atoms with Gasteiger partial charge in [0.1, 0.15) is 10.7 Å². The van der Waals surface area contributed by atoms with E-state index in [1.54, 1.807) is 6.20 Å². The number of hydrogen-bond donors (Lipinski definition) is 1. The maximum absolute atomic E-state index is 5.43. The zero-order chi connectivity index (χ0) is 18.6. The number of morpholine rings is 1. The third-order valence-corrected chi connectivity index (χ3v) is 5.83. The number of aliphatic imine (C=N–C) groups is 1. The van der Waals surface area contributed by atoms with Crippen molar-refractivity contribution in [2.24, 2.45) is 4.99 Å². The number of nitrogens with zero attached hydrogens (tertiary/aromatic N) is 4. The fourth-order valence-corrected chi connectivity index (χ4v) is 4.57. The van der Waals surface area contributed by atoms with Crippen LogP contribution < -0.4 is 5.32 Å². The van der Waals surface area contributed by atoms with Crippen LogP contribution in [0, 0.1) is 13.8 Å². The van der Waals surface area contributed by atoms with Crippen LogP contribution in [0.3, 0.4) is 0 Å². The Bertz CT molecular complexity index is 815. The first-order valence-corrected chi connectivity index (χ1v) is 10.2. The molecule has 1 unspecified atom stereocenters. The van der Waals surface area contributed by atoms with Crippen molar-refractivity contribution < 1.29 is 4.74 Å². The van der Waals surface area contributed by atoms with Gasteiger partial charge in [-0.15, -0.1) is 0 Å². The lowest BCUT2D eigenvalue weighted by molar-refractivity contribution is 0.0385. The van der Waals surface area contributed by atoms with Crippen molar-refractivity contribution in [1.29, 1.82) is 0 Å². The molecule has 0 bridgehead atoms. The van der Waals surface area contributed by atoms with E-state index in [1.807, 2.05) is 17.8 Å². The number of anilines is 2. The number of hydrogen-bond acceptors (Lipinski definition) is 7. The first kappa shape index (κ1) is 18.4. The summed E-state index contributed by atoms with van der Waals surface area (Å²) >= 11 is 1.83. The van der Waals surface area contributed by atoms with Gasteiger partial charge in [-0.25, -0.2) is 9.97 Å². The second-order valence-corrected chi connectivity index (χ2v) is 8.35. The van der Waals surface area contributed by atoms with Gasteiger partial charge in [0.2, 0.25) is 5.95 Å². The van der Waals surface area contributed by atoms with Gasteiger partial charge in [-0.2, -0.15) is 0 Å². The fraction of sp³-hybridized carbons (Fsp3) is 0.450. The molecule has 1 saturated heterocycles. The van der Waals surface area contributed by atoms with Crippen molar-refractivity contribution in [2.75, 3.05) is 44.7 Å². The molecule has 0 radical (unpaired) electrons. The minimum atomic E-state index is 0.490. The molecule has 2 aromatic rings. The van der Waals surface area contributed by atoms with E-state index in [-0.39, 0.29) is 0 Å². The van der Waals surface area contributed by atoms with Gasteiger partial charge in [0.25, 0.3) is 0 Å². The van der Waals surface area contributed by atoms with Crippen LogP contribution in [0.15, 0.2) is 35.5 Å². The quantitative estimate of drug-likeness (QED) is 0.856. The number of ether oxygens (including phenoxy) is 1. The summed E-state index contributed by atoms with van der Waals surface area (Å²) in [5.41, 5.74) is 4.34. The van der Waals surface area contributed by atoms with Gasteiger partial charge in [0.15, 0.2) is 0 Å². The zero-order valence-electron chi connectivity index (χ0n) is 15.8. The third-order valence-electron chi connectivity index (χ3n) is 4.63. The van der Waals surface area contributed by atoms with E-state index in [0.717, 1.165) is 55.8 Å². The fourth-order valence-electron chi connectivity index (χ4n) is 3.44. The summed E-state index contributed by atoms with van der Waals surface area (Å²) in [5.74, 6) is 0.609. The minimum absolute atomic E-state index is 0.490. The van der Waals surface area contributed by atoms with Gasteiger partial charge < -0.3 is 10.1 Å². The molecule has 1 N–H and O–H groups in total. The molecule has 27 heavy (non-hydrogen) atoms. The maximum atomic E-state index is 5.43. The Hall–Kier alpha value is -1.96. The molecule has 1 fully saturated rings. The second-order valence-electron chi connectivity index (χ2n) is 7.07. The number of rotatable bonds is 5. The first-order chi connectivity index (χ1) is 13.2. The summed E-state index contributed by atoms with van der Waals surface area (Å²) < 4.78 is 5.43. The summed E-state index contributed by atoms with van der Waals surface area (Å²) in [6.45, 7) is 9.80. The van der Waals surface area contributed by atoms with E-state index >= 15 is 0 Å². The molecular formula is C20H25N5OS. The molecule has 1 aromatic heterocycles. The summed E-state index contributed by atoms with van der Waals surface area (Å²) in [6.07, 6.45) is 1.80. The molecule has 1 aromatic carbocycles. The molecule has 6 nitrogen and oxygen atoms in total. The van der Waals surface area contributed by atoms with Crippen LogP contribution in [-0.4, -0.2) is 64.6 Å². The normalized spacial score (nSPS) is 20.5. The standard InChI is InChI=1S/C20H25N5OS/c1-14-9-15(2)11-16(10-14)23-20-21-4-3-18(24-20)19-22-12-17(27-19)13-25-5-7-26-8-6-25/h3-4,9-11,17H,5-8,12-13H2,1-2H3,(H,21,23,24). The highest BCUT2D eigenvalue weighted by Crippen LogP contribution is 2.26. The predicted octanol–water partition coefficient (Wildman–Crippen LogP) is 3.03. The molecular weight excluding hydrogens is 358 g/mol. The smallest absolute Gasteiger partial charge is 0.227 e. The van der Waals surface area contributed by atoms with E-state index in [1.165, 1.54) is 11.1 Å². The number of nitrogens with one attached hydrogen (secondary N) is 1. The van der Waals surface area contributed by atoms with Gasteiger partial charge >= 0.3 is 0 Å². The number of aromatic nitrogens is 2. The minimum Gasteiger partial charge on any atom is -0.379 e. The van der Waals surface area contributed by atoms with Crippen molar-refractivity contribution in [2.45, 2.75) is 19.1 Å². The summed E-state index contributed by atoms with van der Waals surface area (Å²) in [4.78, 5) is 16.3. The maximum Gasteiger partial charge on any atom is 0.227 e. The molecule has 4 rings (SSSR count). The molecule has 2 aliphatic heterocycles. The van der Waals surface area contributed by atoms with Crippen LogP contribution in [0.2, 0.25) is 0 Å². The molecule has 0 aliphatic carbocycles. The van der Waals surface area contributed by atoms with Crippen molar-refractivity contribution in [1.82, 2.24) is 14.9 Å². The molecule has 0 spiro atoms. The molecule has 142 valence electrons. The zero-order valence-corrected chi connectivity index (χ0v) is 16.6. The molecule has 0 amide bonds. The van der Waals surface area contributed by atoms with Gasteiger partial charge in [-0.3, -0.25) is 9.89 Å².